The first-order chi connectivity index (χ1) is 4.90. The van der Waals surface area contributed by atoms with Crippen LogP contribution < -0.4 is 0 Å². The van der Waals surface area contributed by atoms with Crippen molar-refractivity contribution in [2.75, 3.05) is 0 Å². The molecular weight excluding hydrogens is 140 g/mol. The van der Waals surface area contributed by atoms with Gasteiger partial charge in [-0.05, 0) is 18.1 Å². The molecule has 0 spiro atoms. The molecule has 51 valence electrons. The largest absolute Gasteiger partial charge is 0.113 e. The monoisotopic (exact) mass is 149 g/mol. The molecule has 1 heteroatoms. The highest BCUT2D eigenvalue weighted by Gasteiger charge is 2.20. The van der Waals surface area contributed by atoms with Crippen LogP contribution in [0.15, 0.2) is 34.8 Å². The summed E-state index contributed by atoms with van der Waals surface area (Å²) in [6, 6.07) is 0. The number of rotatable bonds is 1. The first-order valence-corrected chi connectivity index (χ1v) is 4.36. The molecule has 1 aliphatic heterocycles. The van der Waals surface area contributed by atoms with Crippen LogP contribution in [0.2, 0.25) is 0 Å². The van der Waals surface area contributed by atoms with Gasteiger partial charge in [0.05, 0.1) is 5.25 Å². The molecule has 10 heavy (non-hydrogen) atoms. The maximum atomic E-state index is 2.28. The zero-order chi connectivity index (χ0) is 6.97. The second-order valence-electron chi connectivity index (χ2n) is 2.41. The van der Waals surface area contributed by atoms with Gasteiger partial charge in [-0.2, -0.15) is 0 Å². The summed E-state index contributed by atoms with van der Waals surface area (Å²) in [5, 5.41) is 1.49. The van der Waals surface area contributed by atoms with E-state index < -0.39 is 0 Å². The number of hydrogen-bond donors (Lipinski definition) is 0. The minimum Gasteiger partial charge on any atom is -0.113 e. The molecule has 0 nitrogen and oxygen atoms in total. The Labute approximate surface area is 65.7 Å². The first-order valence-electron chi connectivity index (χ1n) is 3.54. The molecule has 1 aliphatic carbocycles. The van der Waals surface area contributed by atoms with Crippen molar-refractivity contribution >= 4 is 11.8 Å². The van der Waals surface area contributed by atoms with Gasteiger partial charge in [0, 0.05) is 4.91 Å². The summed E-state index contributed by atoms with van der Waals surface area (Å²) in [4.78, 5) is 1.43. The molecule has 0 unspecified atom stereocenters. The molecule has 0 aromatic heterocycles. The van der Waals surface area contributed by atoms with Crippen LogP contribution in [0.5, 0.6) is 0 Å². The molecule has 0 fully saturated rings. The van der Waals surface area contributed by atoms with Crippen molar-refractivity contribution in [2.45, 2.75) is 13.3 Å². The third kappa shape index (κ3) is 0.853. The predicted molar refractivity (Wildman–Crippen MR) is 46.4 cm³/mol. The molecule has 0 saturated heterocycles. The van der Waals surface area contributed by atoms with Crippen molar-refractivity contribution in [3.63, 3.8) is 0 Å². The zero-order valence-electron chi connectivity index (χ0n) is 5.92. The van der Waals surface area contributed by atoms with Crippen LogP contribution >= 0.6 is 11.8 Å². The summed E-state index contributed by atoms with van der Waals surface area (Å²) in [5.74, 6) is 0. The Morgan fingerprint density at radius 1 is 1.50 bits per heavy atom. The van der Waals surface area contributed by atoms with Crippen LogP contribution in [0.25, 0.3) is 0 Å². The van der Waals surface area contributed by atoms with Crippen LogP contribution in [0.1, 0.15) is 13.3 Å². The van der Waals surface area contributed by atoms with Crippen molar-refractivity contribution in [1.29, 1.82) is 0 Å². The van der Waals surface area contributed by atoms with E-state index in [2.05, 4.69) is 31.2 Å². The van der Waals surface area contributed by atoms with Crippen LogP contribution in [0, 0.1) is 5.25 Å². The average Bonchev–Trinajstić information content (AvgIpc) is 2.42. The lowest BCUT2D eigenvalue weighted by atomic mass is 10.2. The van der Waals surface area contributed by atoms with Gasteiger partial charge < -0.3 is 0 Å². The molecule has 0 aromatic rings. The predicted octanol–water partition coefficient (Wildman–Crippen LogP) is 3.06. The maximum absolute atomic E-state index is 2.28. The van der Waals surface area contributed by atoms with E-state index in [0.717, 1.165) is 0 Å². The van der Waals surface area contributed by atoms with Gasteiger partial charge >= 0.3 is 0 Å². The van der Waals surface area contributed by atoms with Gasteiger partial charge in [0.15, 0.2) is 0 Å². The molecule has 1 radical (unpaired) electrons. The molecule has 2 aliphatic rings. The summed E-state index contributed by atoms with van der Waals surface area (Å²) in [6.45, 7) is 2.20. The topological polar surface area (TPSA) is 0 Å². The van der Waals surface area contributed by atoms with E-state index in [1.165, 1.54) is 22.1 Å². The van der Waals surface area contributed by atoms with Crippen molar-refractivity contribution < 1.29 is 0 Å². The third-order valence-corrected chi connectivity index (χ3v) is 2.97. The standard InChI is InChI=1S/C9H9S/c1-2-8-6-7-4-3-5-9(7)10-8/h3-6H,2H2,1H3. The Kier molecular flexibility index (Phi) is 1.46. The molecule has 0 atom stereocenters. The van der Waals surface area contributed by atoms with Gasteiger partial charge in [-0.25, -0.2) is 0 Å². The van der Waals surface area contributed by atoms with Gasteiger partial charge in [0.2, 0.25) is 0 Å². The fourth-order valence-electron chi connectivity index (χ4n) is 1.15. The quantitative estimate of drug-likeness (QED) is 0.552. The van der Waals surface area contributed by atoms with Gasteiger partial charge in [-0.1, -0.05) is 25.2 Å². The SMILES string of the molecule is CC[C]1C=C2C=CC=C2S1. The van der Waals surface area contributed by atoms with Crippen molar-refractivity contribution in [1.82, 2.24) is 0 Å². The van der Waals surface area contributed by atoms with E-state index in [0.29, 0.717) is 0 Å². The number of fused-ring (bicyclic) bond motifs is 1. The van der Waals surface area contributed by atoms with Gasteiger partial charge in [0.25, 0.3) is 0 Å². The van der Waals surface area contributed by atoms with E-state index in [4.69, 9.17) is 0 Å². The minimum absolute atomic E-state index is 1.17. The van der Waals surface area contributed by atoms with Crippen LogP contribution in [-0.4, -0.2) is 0 Å². The fraction of sp³-hybridized carbons (Fsp3) is 0.222. The third-order valence-electron chi connectivity index (χ3n) is 1.71. The lowest BCUT2D eigenvalue weighted by Crippen LogP contribution is -1.75. The van der Waals surface area contributed by atoms with Crippen LogP contribution in [0.3, 0.4) is 0 Å². The highest BCUT2D eigenvalue weighted by Crippen LogP contribution is 2.45. The van der Waals surface area contributed by atoms with Crippen molar-refractivity contribution in [2.24, 2.45) is 0 Å². The first kappa shape index (κ1) is 6.29. The Hall–Kier alpha value is -0.430. The Balaban J connectivity index is 2.25. The van der Waals surface area contributed by atoms with Gasteiger partial charge in [0.1, 0.15) is 0 Å². The summed E-state index contributed by atoms with van der Waals surface area (Å²) >= 11 is 1.90. The van der Waals surface area contributed by atoms with E-state index in [1.807, 2.05) is 11.8 Å². The summed E-state index contributed by atoms with van der Waals surface area (Å²) in [6.07, 6.45) is 9.91. The second-order valence-corrected chi connectivity index (χ2v) is 3.58. The number of allylic oxidation sites excluding steroid dienone is 4. The Bertz CT molecular complexity index is 233. The van der Waals surface area contributed by atoms with Gasteiger partial charge in [-0.3, -0.25) is 0 Å². The normalized spacial score (nSPS) is 22.9. The second kappa shape index (κ2) is 2.31. The maximum Gasteiger partial charge on any atom is 0.0578 e. The Morgan fingerprint density at radius 2 is 2.40 bits per heavy atom. The highest BCUT2D eigenvalue weighted by molar-refractivity contribution is 8.06. The lowest BCUT2D eigenvalue weighted by molar-refractivity contribution is 1.12. The smallest absolute Gasteiger partial charge is 0.0578 e. The zero-order valence-corrected chi connectivity index (χ0v) is 6.74. The van der Waals surface area contributed by atoms with Gasteiger partial charge in [-0.15, -0.1) is 11.8 Å². The summed E-state index contributed by atoms with van der Waals surface area (Å²) in [5.41, 5.74) is 1.40. The minimum atomic E-state index is 1.17. The number of hydrogen-bond acceptors (Lipinski definition) is 1. The van der Waals surface area contributed by atoms with E-state index >= 15 is 0 Å². The molecule has 0 bridgehead atoms. The molecule has 0 N–H and O–H groups in total. The van der Waals surface area contributed by atoms with E-state index in [1.54, 1.807) is 0 Å². The van der Waals surface area contributed by atoms with E-state index in [-0.39, 0.29) is 0 Å². The fourth-order valence-corrected chi connectivity index (χ4v) is 2.15. The van der Waals surface area contributed by atoms with Crippen LogP contribution in [-0.2, 0) is 0 Å². The molecular formula is C9H9S. The van der Waals surface area contributed by atoms with E-state index in [9.17, 15) is 0 Å². The molecule has 2 rings (SSSR count). The van der Waals surface area contributed by atoms with Crippen LogP contribution in [0.4, 0.5) is 0 Å². The molecule has 0 amide bonds. The molecule has 0 saturated carbocycles. The molecule has 0 aromatic carbocycles. The Morgan fingerprint density at radius 3 is 3.10 bits per heavy atom. The highest BCUT2D eigenvalue weighted by atomic mass is 32.2. The van der Waals surface area contributed by atoms with Crippen molar-refractivity contribution in [3.8, 4) is 0 Å². The summed E-state index contributed by atoms with van der Waals surface area (Å²) in [7, 11) is 0. The van der Waals surface area contributed by atoms with Crippen molar-refractivity contribution in [3.05, 3.63) is 40.0 Å². The average molecular weight is 149 g/mol. The summed E-state index contributed by atoms with van der Waals surface area (Å²) < 4.78 is 0. The lowest BCUT2D eigenvalue weighted by Gasteiger charge is -1.98. The molecule has 1 heterocycles. The number of thioether (sulfide) groups is 1.